The number of allylic oxidation sites excluding steroid dienone is 1. The van der Waals surface area contributed by atoms with E-state index in [-0.39, 0.29) is 0 Å². The zero-order chi connectivity index (χ0) is 16.2. The third-order valence-corrected chi connectivity index (χ3v) is 5.13. The van der Waals surface area contributed by atoms with E-state index in [1.165, 1.54) is 47.2 Å². The Morgan fingerprint density at radius 3 is 2.50 bits per heavy atom. The van der Waals surface area contributed by atoms with Crippen molar-refractivity contribution in [1.82, 2.24) is 5.43 Å². The second kappa shape index (κ2) is 7.04. The van der Waals surface area contributed by atoms with E-state index in [0.717, 1.165) is 19.4 Å². The number of hydrogen-bond donors (Lipinski definition) is 1. The molecule has 1 N–H and O–H groups in total. The molecule has 122 valence electrons. The van der Waals surface area contributed by atoms with Crippen LogP contribution in [0, 0.1) is 0 Å². The van der Waals surface area contributed by atoms with Crippen LogP contribution in [0.5, 0.6) is 0 Å². The summed E-state index contributed by atoms with van der Waals surface area (Å²) in [5.41, 5.74) is 10.1. The fourth-order valence-electron chi connectivity index (χ4n) is 3.83. The molecule has 1 saturated carbocycles. The van der Waals surface area contributed by atoms with Crippen molar-refractivity contribution in [1.29, 1.82) is 0 Å². The highest BCUT2D eigenvalue weighted by atomic mass is 15.3. The van der Waals surface area contributed by atoms with Crippen molar-refractivity contribution in [2.75, 3.05) is 0 Å². The Morgan fingerprint density at radius 2 is 1.62 bits per heavy atom. The van der Waals surface area contributed by atoms with Crippen LogP contribution in [-0.4, -0.2) is 5.71 Å². The Bertz CT molecular complexity index is 765. The summed E-state index contributed by atoms with van der Waals surface area (Å²) in [5.74, 6) is 0.363. The van der Waals surface area contributed by atoms with Crippen LogP contribution < -0.4 is 5.43 Å². The molecule has 4 rings (SSSR count). The van der Waals surface area contributed by atoms with Crippen molar-refractivity contribution < 1.29 is 0 Å². The van der Waals surface area contributed by atoms with Gasteiger partial charge in [0, 0.05) is 11.6 Å². The van der Waals surface area contributed by atoms with Crippen molar-refractivity contribution in [3.8, 4) is 0 Å². The van der Waals surface area contributed by atoms with Crippen LogP contribution in [0.3, 0.4) is 0 Å². The number of nitrogens with zero attached hydrogens (tertiary/aromatic N) is 1. The van der Waals surface area contributed by atoms with E-state index < -0.39 is 0 Å². The van der Waals surface area contributed by atoms with Crippen LogP contribution in [-0.2, 0) is 6.54 Å². The van der Waals surface area contributed by atoms with E-state index in [9.17, 15) is 0 Å². The smallest absolute Gasteiger partial charge is 0.0583 e. The Morgan fingerprint density at radius 1 is 0.875 bits per heavy atom. The fraction of sp³-hybridized carbons (Fsp3) is 0.318. The predicted octanol–water partition coefficient (Wildman–Crippen LogP) is 5.26. The van der Waals surface area contributed by atoms with Crippen molar-refractivity contribution in [2.24, 2.45) is 5.10 Å². The topological polar surface area (TPSA) is 24.4 Å². The quantitative estimate of drug-likeness (QED) is 0.765. The Labute approximate surface area is 144 Å². The molecule has 2 aliphatic rings. The van der Waals surface area contributed by atoms with Gasteiger partial charge in [0.15, 0.2) is 0 Å². The normalized spacial score (nSPS) is 19.2. The van der Waals surface area contributed by atoms with Gasteiger partial charge < -0.3 is 5.43 Å². The van der Waals surface area contributed by atoms with Crippen molar-refractivity contribution >= 4 is 11.8 Å². The summed E-state index contributed by atoms with van der Waals surface area (Å²) < 4.78 is 0. The lowest BCUT2D eigenvalue weighted by atomic mass is 9.90. The number of rotatable bonds is 4. The molecule has 0 bridgehead atoms. The summed E-state index contributed by atoms with van der Waals surface area (Å²) in [6.45, 7) is 0.798. The number of fused-ring (bicyclic) bond motifs is 1. The van der Waals surface area contributed by atoms with Crippen LogP contribution in [0.2, 0.25) is 0 Å². The lowest BCUT2D eigenvalue weighted by Gasteiger charge is -2.17. The van der Waals surface area contributed by atoms with E-state index in [0.29, 0.717) is 5.92 Å². The maximum atomic E-state index is 4.64. The van der Waals surface area contributed by atoms with Gasteiger partial charge in [0.05, 0.1) is 6.54 Å². The summed E-state index contributed by atoms with van der Waals surface area (Å²) in [7, 11) is 0. The van der Waals surface area contributed by atoms with Crippen molar-refractivity contribution in [3.63, 3.8) is 0 Å². The van der Waals surface area contributed by atoms with E-state index in [4.69, 9.17) is 0 Å². The Kier molecular flexibility index (Phi) is 4.46. The standard InChI is InChI=1S/C22H24N2/c1-2-10-19(11-3-1)24-23-16-18-9-5-7-13-21(18)22-15-14-17-8-4-6-12-20(17)22/h4-9,12-15,22-23H,1-3,10-11,16H2. The molecular formula is C22H24N2. The van der Waals surface area contributed by atoms with Gasteiger partial charge in [-0.1, -0.05) is 67.1 Å². The molecule has 2 aliphatic carbocycles. The fourth-order valence-corrected chi connectivity index (χ4v) is 3.83. The number of hydrogen-bond acceptors (Lipinski definition) is 2. The van der Waals surface area contributed by atoms with Crippen LogP contribution in [0.1, 0.15) is 60.3 Å². The number of hydrazone groups is 1. The first kappa shape index (κ1) is 15.2. The average molecular weight is 316 g/mol. The highest BCUT2D eigenvalue weighted by Gasteiger charge is 2.20. The molecule has 0 heterocycles. The predicted molar refractivity (Wildman–Crippen MR) is 101 cm³/mol. The first-order chi connectivity index (χ1) is 11.9. The molecule has 0 aromatic heterocycles. The highest BCUT2D eigenvalue weighted by Crippen LogP contribution is 2.36. The van der Waals surface area contributed by atoms with E-state index >= 15 is 0 Å². The minimum atomic E-state index is 0.363. The Hall–Kier alpha value is -2.35. The molecule has 2 heteroatoms. The third-order valence-electron chi connectivity index (χ3n) is 5.13. The molecule has 1 fully saturated rings. The van der Waals surface area contributed by atoms with E-state index in [2.05, 4.69) is 71.2 Å². The van der Waals surface area contributed by atoms with Gasteiger partial charge >= 0.3 is 0 Å². The van der Waals surface area contributed by atoms with Crippen molar-refractivity contribution in [2.45, 2.75) is 44.6 Å². The largest absolute Gasteiger partial charge is 0.306 e. The second-order valence-electron chi connectivity index (χ2n) is 6.74. The number of nitrogens with one attached hydrogen (secondary N) is 1. The Balaban J connectivity index is 1.52. The van der Waals surface area contributed by atoms with E-state index in [1.807, 2.05) is 0 Å². The zero-order valence-electron chi connectivity index (χ0n) is 14.0. The molecule has 2 nitrogen and oxygen atoms in total. The average Bonchev–Trinajstić information content (AvgIpc) is 3.07. The summed E-state index contributed by atoms with van der Waals surface area (Å²) in [6, 6.07) is 17.4. The van der Waals surface area contributed by atoms with Gasteiger partial charge in [-0.05, 0) is 47.9 Å². The SMILES string of the molecule is C1=CC(c2ccccc2CNN=C2CCCCC2)c2ccccc21. The maximum Gasteiger partial charge on any atom is 0.0583 e. The van der Waals surface area contributed by atoms with Gasteiger partial charge in [-0.15, -0.1) is 0 Å². The zero-order valence-corrected chi connectivity index (χ0v) is 14.0. The molecule has 1 unspecified atom stereocenters. The van der Waals surface area contributed by atoms with Crippen LogP contribution in [0.4, 0.5) is 0 Å². The van der Waals surface area contributed by atoms with Crippen LogP contribution in [0.15, 0.2) is 59.7 Å². The van der Waals surface area contributed by atoms with Gasteiger partial charge in [-0.3, -0.25) is 0 Å². The molecule has 0 amide bonds. The first-order valence-corrected chi connectivity index (χ1v) is 9.05. The first-order valence-electron chi connectivity index (χ1n) is 9.05. The lowest BCUT2D eigenvalue weighted by molar-refractivity contribution is 0.645. The van der Waals surface area contributed by atoms with Crippen molar-refractivity contribution in [3.05, 3.63) is 76.9 Å². The van der Waals surface area contributed by atoms with Crippen LogP contribution in [0.25, 0.3) is 6.08 Å². The van der Waals surface area contributed by atoms with Gasteiger partial charge in [0.1, 0.15) is 0 Å². The third kappa shape index (κ3) is 3.14. The van der Waals surface area contributed by atoms with Gasteiger partial charge in [0.25, 0.3) is 0 Å². The molecule has 2 aromatic carbocycles. The highest BCUT2D eigenvalue weighted by molar-refractivity contribution is 5.84. The van der Waals surface area contributed by atoms with Gasteiger partial charge in [-0.2, -0.15) is 5.10 Å². The monoisotopic (exact) mass is 316 g/mol. The number of benzene rings is 2. The molecule has 0 spiro atoms. The second-order valence-corrected chi connectivity index (χ2v) is 6.74. The minimum absolute atomic E-state index is 0.363. The molecule has 0 saturated heterocycles. The molecule has 2 aromatic rings. The van der Waals surface area contributed by atoms with Gasteiger partial charge in [0.2, 0.25) is 0 Å². The van der Waals surface area contributed by atoms with Crippen LogP contribution >= 0.6 is 0 Å². The summed E-state index contributed by atoms with van der Waals surface area (Å²) >= 11 is 0. The van der Waals surface area contributed by atoms with E-state index in [1.54, 1.807) is 0 Å². The summed E-state index contributed by atoms with van der Waals surface area (Å²) in [4.78, 5) is 0. The lowest BCUT2D eigenvalue weighted by Crippen LogP contribution is -2.14. The van der Waals surface area contributed by atoms with Gasteiger partial charge in [-0.25, -0.2) is 0 Å². The molecule has 24 heavy (non-hydrogen) atoms. The molecule has 0 radical (unpaired) electrons. The maximum absolute atomic E-state index is 4.64. The minimum Gasteiger partial charge on any atom is -0.306 e. The summed E-state index contributed by atoms with van der Waals surface area (Å²) in [6.07, 6.45) is 10.8. The summed E-state index contributed by atoms with van der Waals surface area (Å²) in [5, 5.41) is 4.64. The molecule has 0 aliphatic heterocycles. The molecule has 1 atom stereocenters. The molecular weight excluding hydrogens is 292 g/mol.